The van der Waals surface area contributed by atoms with E-state index in [0.29, 0.717) is 12.4 Å². The minimum Gasteiger partial charge on any atom is -0.493 e. The Bertz CT molecular complexity index is 599. The lowest BCUT2D eigenvalue weighted by Gasteiger charge is -2.15. The van der Waals surface area contributed by atoms with Gasteiger partial charge in [0.05, 0.1) is 7.11 Å². The van der Waals surface area contributed by atoms with Gasteiger partial charge in [-0.25, -0.2) is 4.39 Å². The van der Waals surface area contributed by atoms with Crippen LogP contribution in [-0.2, 0) is 13.2 Å². The van der Waals surface area contributed by atoms with Gasteiger partial charge >= 0.3 is 0 Å². The molecule has 2 aromatic rings. The van der Waals surface area contributed by atoms with Crippen LogP contribution >= 0.6 is 0 Å². The van der Waals surface area contributed by atoms with Crippen LogP contribution in [0.3, 0.4) is 0 Å². The smallest absolute Gasteiger partial charge is 0.166 e. The summed E-state index contributed by atoms with van der Waals surface area (Å²) in [5.74, 6) is 1.21. The van der Waals surface area contributed by atoms with Gasteiger partial charge in [0.1, 0.15) is 12.4 Å². The van der Waals surface area contributed by atoms with Gasteiger partial charge in [-0.3, -0.25) is 0 Å². The summed E-state index contributed by atoms with van der Waals surface area (Å²) >= 11 is 0. The van der Waals surface area contributed by atoms with Crippen molar-refractivity contribution in [3.63, 3.8) is 0 Å². The number of rotatable bonds is 9. The number of unbranched alkanes of at least 4 members (excludes halogenated alkanes) is 1. The van der Waals surface area contributed by atoms with Gasteiger partial charge in [-0.05, 0) is 36.7 Å². The molecular formula is C19H24FNO2. The molecule has 1 N–H and O–H groups in total. The summed E-state index contributed by atoms with van der Waals surface area (Å²) in [6, 6.07) is 12.2. The second-order valence-electron chi connectivity index (χ2n) is 5.39. The zero-order chi connectivity index (χ0) is 16.5. The number of benzene rings is 2. The van der Waals surface area contributed by atoms with Gasteiger partial charge in [-0.2, -0.15) is 0 Å². The summed E-state index contributed by atoms with van der Waals surface area (Å²) in [4.78, 5) is 0. The molecule has 2 aromatic carbocycles. The van der Waals surface area contributed by atoms with Crippen LogP contribution < -0.4 is 14.8 Å². The standard InChI is InChI=1S/C19H24FNO2/c1-3-4-12-21-13-16-6-5-7-18(22-2)19(16)23-14-15-8-10-17(20)11-9-15/h5-11,21H,3-4,12-14H2,1-2H3. The highest BCUT2D eigenvalue weighted by Gasteiger charge is 2.10. The highest BCUT2D eigenvalue weighted by molar-refractivity contribution is 5.46. The molecule has 0 aliphatic rings. The number of methoxy groups -OCH3 is 1. The number of halogens is 1. The van der Waals surface area contributed by atoms with E-state index in [1.165, 1.54) is 18.6 Å². The number of para-hydroxylation sites is 1. The molecule has 0 radical (unpaired) electrons. The lowest BCUT2D eigenvalue weighted by molar-refractivity contribution is 0.280. The Hall–Kier alpha value is -2.07. The highest BCUT2D eigenvalue weighted by atomic mass is 19.1. The minimum atomic E-state index is -0.244. The summed E-state index contributed by atoms with van der Waals surface area (Å²) in [6.45, 7) is 4.26. The van der Waals surface area contributed by atoms with Crippen molar-refractivity contribution in [1.29, 1.82) is 0 Å². The maximum atomic E-state index is 13.0. The number of hydrogen-bond acceptors (Lipinski definition) is 3. The van der Waals surface area contributed by atoms with E-state index in [2.05, 4.69) is 12.2 Å². The first-order chi connectivity index (χ1) is 11.2. The lowest BCUT2D eigenvalue weighted by atomic mass is 10.1. The van der Waals surface area contributed by atoms with Crippen molar-refractivity contribution in [3.05, 3.63) is 59.4 Å². The third-order valence-electron chi connectivity index (χ3n) is 3.60. The molecule has 0 aliphatic carbocycles. The minimum absolute atomic E-state index is 0.244. The van der Waals surface area contributed by atoms with Crippen molar-refractivity contribution in [2.75, 3.05) is 13.7 Å². The lowest BCUT2D eigenvalue weighted by Crippen LogP contribution is -2.15. The van der Waals surface area contributed by atoms with E-state index in [9.17, 15) is 4.39 Å². The van der Waals surface area contributed by atoms with Gasteiger partial charge in [0.15, 0.2) is 11.5 Å². The summed E-state index contributed by atoms with van der Waals surface area (Å²) in [6.07, 6.45) is 2.31. The van der Waals surface area contributed by atoms with Crippen molar-refractivity contribution in [2.24, 2.45) is 0 Å². The van der Waals surface area contributed by atoms with Crippen molar-refractivity contribution in [2.45, 2.75) is 32.9 Å². The highest BCUT2D eigenvalue weighted by Crippen LogP contribution is 2.31. The Morgan fingerprint density at radius 2 is 1.87 bits per heavy atom. The van der Waals surface area contributed by atoms with E-state index in [0.717, 1.165) is 36.4 Å². The van der Waals surface area contributed by atoms with E-state index in [1.807, 2.05) is 18.2 Å². The second-order valence-corrected chi connectivity index (χ2v) is 5.39. The van der Waals surface area contributed by atoms with Crippen molar-refractivity contribution >= 4 is 0 Å². The number of ether oxygens (including phenoxy) is 2. The van der Waals surface area contributed by atoms with Gasteiger partial charge in [-0.1, -0.05) is 37.6 Å². The topological polar surface area (TPSA) is 30.5 Å². The quantitative estimate of drug-likeness (QED) is 0.699. The third-order valence-corrected chi connectivity index (χ3v) is 3.60. The van der Waals surface area contributed by atoms with Crippen LogP contribution in [0.25, 0.3) is 0 Å². The number of nitrogens with one attached hydrogen (secondary N) is 1. The predicted octanol–water partition coefficient (Wildman–Crippen LogP) is 4.30. The van der Waals surface area contributed by atoms with Crippen LogP contribution in [0.15, 0.2) is 42.5 Å². The average Bonchev–Trinajstić information content (AvgIpc) is 2.58. The first kappa shape index (κ1) is 17.3. The average molecular weight is 317 g/mol. The van der Waals surface area contributed by atoms with E-state index in [4.69, 9.17) is 9.47 Å². The molecule has 2 rings (SSSR count). The zero-order valence-electron chi connectivity index (χ0n) is 13.8. The van der Waals surface area contributed by atoms with Crippen LogP contribution in [0, 0.1) is 5.82 Å². The first-order valence-electron chi connectivity index (χ1n) is 7.98. The maximum Gasteiger partial charge on any atom is 0.166 e. The molecule has 0 saturated heterocycles. The zero-order valence-corrected chi connectivity index (χ0v) is 13.8. The SMILES string of the molecule is CCCCNCc1cccc(OC)c1OCc1ccc(F)cc1. The third kappa shape index (κ3) is 5.25. The fourth-order valence-corrected chi connectivity index (χ4v) is 2.29. The van der Waals surface area contributed by atoms with E-state index in [-0.39, 0.29) is 5.82 Å². The maximum absolute atomic E-state index is 13.0. The van der Waals surface area contributed by atoms with Crippen molar-refractivity contribution in [1.82, 2.24) is 5.32 Å². The van der Waals surface area contributed by atoms with Gasteiger partial charge in [-0.15, -0.1) is 0 Å². The molecule has 0 aromatic heterocycles. The summed E-state index contributed by atoms with van der Waals surface area (Å²) in [7, 11) is 1.63. The Kier molecular flexibility index (Phi) is 6.88. The second kappa shape index (κ2) is 9.16. The monoisotopic (exact) mass is 317 g/mol. The molecule has 3 nitrogen and oxygen atoms in total. The molecular weight excluding hydrogens is 293 g/mol. The van der Waals surface area contributed by atoms with Gasteiger partial charge in [0.2, 0.25) is 0 Å². The molecule has 0 unspecified atom stereocenters. The molecule has 124 valence electrons. The van der Waals surface area contributed by atoms with Gasteiger partial charge in [0.25, 0.3) is 0 Å². The molecule has 0 spiro atoms. The largest absolute Gasteiger partial charge is 0.493 e. The Morgan fingerprint density at radius 3 is 2.57 bits per heavy atom. The molecule has 0 bridgehead atoms. The Labute approximate surface area is 137 Å². The van der Waals surface area contributed by atoms with Crippen LogP contribution in [0.2, 0.25) is 0 Å². The fraction of sp³-hybridized carbons (Fsp3) is 0.368. The van der Waals surface area contributed by atoms with Crippen LogP contribution in [-0.4, -0.2) is 13.7 Å². The van der Waals surface area contributed by atoms with E-state index in [1.54, 1.807) is 19.2 Å². The normalized spacial score (nSPS) is 10.6. The van der Waals surface area contributed by atoms with E-state index < -0.39 is 0 Å². The van der Waals surface area contributed by atoms with E-state index >= 15 is 0 Å². The van der Waals surface area contributed by atoms with Crippen LogP contribution in [0.1, 0.15) is 30.9 Å². The first-order valence-corrected chi connectivity index (χ1v) is 7.98. The van der Waals surface area contributed by atoms with Gasteiger partial charge < -0.3 is 14.8 Å². The molecule has 0 saturated carbocycles. The molecule has 23 heavy (non-hydrogen) atoms. The van der Waals surface area contributed by atoms with Gasteiger partial charge in [0, 0.05) is 12.1 Å². The predicted molar refractivity (Wildman–Crippen MR) is 90.3 cm³/mol. The number of hydrogen-bond donors (Lipinski definition) is 1. The molecule has 0 atom stereocenters. The molecule has 4 heteroatoms. The Balaban J connectivity index is 2.06. The van der Waals surface area contributed by atoms with Crippen molar-refractivity contribution < 1.29 is 13.9 Å². The molecule has 0 amide bonds. The summed E-state index contributed by atoms with van der Waals surface area (Å²) in [5.41, 5.74) is 1.98. The molecule has 0 heterocycles. The van der Waals surface area contributed by atoms with Crippen LogP contribution in [0.4, 0.5) is 4.39 Å². The molecule has 0 fully saturated rings. The summed E-state index contributed by atoms with van der Waals surface area (Å²) in [5, 5.41) is 3.41. The Morgan fingerprint density at radius 1 is 1.09 bits per heavy atom. The summed E-state index contributed by atoms with van der Waals surface area (Å²) < 4.78 is 24.3. The van der Waals surface area contributed by atoms with Crippen LogP contribution in [0.5, 0.6) is 11.5 Å². The van der Waals surface area contributed by atoms with Crippen molar-refractivity contribution in [3.8, 4) is 11.5 Å². The molecule has 0 aliphatic heterocycles. The fourth-order valence-electron chi connectivity index (χ4n) is 2.29.